The van der Waals surface area contributed by atoms with Crippen LogP contribution in [0, 0.1) is 0 Å². The van der Waals surface area contributed by atoms with Crippen molar-refractivity contribution in [2.24, 2.45) is 0 Å². The van der Waals surface area contributed by atoms with Gasteiger partial charge < -0.3 is 5.11 Å². The van der Waals surface area contributed by atoms with Crippen molar-refractivity contribution in [2.45, 2.75) is 31.8 Å². The molecule has 0 amide bonds. The maximum absolute atomic E-state index is 12.5. The normalized spacial score (nSPS) is 14.7. The number of halogens is 6. The van der Waals surface area contributed by atoms with Crippen LogP contribution >= 0.6 is 0 Å². The Kier molecular flexibility index (Phi) is 3.95. The van der Waals surface area contributed by atoms with Gasteiger partial charge in [-0.1, -0.05) is 13.0 Å². The molecule has 1 atom stereocenters. The fourth-order valence-corrected chi connectivity index (χ4v) is 1.49. The van der Waals surface area contributed by atoms with Crippen molar-refractivity contribution in [3.05, 3.63) is 34.9 Å². The van der Waals surface area contributed by atoms with E-state index in [1.54, 1.807) is 0 Å². The van der Waals surface area contributed by atoms with E-state index in [4.69, 9.17) is 0 Å². The summed E-state index contributed by atoms with van der Waals surface area (Å²) < 4.78 is 74.9. The van der Waals surface area contributed by atoms with Crippen LogP contribution in [-0.2, 0) is 12.4 Å². The average Bonchev–Trinajstić information content (AvgIpc) is 2.24. The van der Waals surface area contributed by atoms with E-state index in [1.165, 1.54) is 6.92 Å². The van der Waals surface area contributed by atoms with Crippen LogP contribution in [-0.4, -0.2) is 5.11 Å². The first-order valence-electron chi connectivity index (χ1n) is 5.03. The van der Waals surface area contributed by atoms with Gasteiger partial charge in [0.25, 0.3) is 0 Å². The fourth-order valence-electron chi connectivity index (χ4n) is 1.49. The van der Waals surface area contributed by atoms with Crippen molar-refractivity contribution in [2.75, 3.05) is 0 Å². The van der Waals surface area contributed by atoms with Gasteiger partial charge in [0.2, 0.25) is 0 Å². The number of hydrogen-bond donors (Lipinski definition) is 1. The summed E-state index contributed by atoms with van der Waals surface area (Å²) >= 11 is 0. The Bertz CT molecular complexity index is 421. The number of alkyl halides is 6. The predicted molar refractivity (Wildman–Crippen MR) is 51.7 cm³/mol. The molecular formula is C11H10F6O. The maximum Gasteiger partial charge on any atom is 0.417 e. The third-order valence-corrected chi connectivity index (χ3v) is 2.43. The van der Waals surface area contributed by atoms with E-state index >= 15 is 0 Å². The first-order chi connectivity index (χ1) is 8.07. The highest BCUT2D eigenvalue weighted by Gasteiger charge is 2.43. The van der Waals surface area contributed by atoms with Crippen LogP contribution < -0.4 is 0 Å². The van der Waals surface area contributed by atoms with Crippen LogP contribution in [0.3, 0.4) is 0 Å². The molecular weight excluding hydrogens is 262 g/mol. The summed E-state index contributed by atoms with van der Waals surface area (Å²) in [5, 5.41) is 9.36. The zero-order valence-electron chi connectivity index (χ0n) is 9.23. The van der Waals surface area contributed by atoms with E-state index in [0.717, 1.165) is 6.07 Å². The maximum atomic E-state index is 12.5. The van der Waals surface area contributed by atoms with Gasteiger partial charge in [0.1, 0.15) is 0 Å². The lowest BCUT2D eigenvalue weighted by Gasteiger charge is -2.18. The fraction of sp³-hybridized carbons (Fsp3) is 0.455. The highest BCUT2D eigenvalue weighted by molar-refractivity contribution is 5.37. The molecule has 0 aliphatic heterocycles. The molecule has 1 aromatic rings. The SMILES string of the molecule is CCC(O)c1ccc(C(F)(F)F)c(C(F)(F)F)c1. The van der Waals surface area contributed by atoms with Gasteiger partial charge in [-0.2, -0.15) is 26.3 Å². The summed E-state index contributed by atoms with van der Waals surface area (Å²) in [4.78, 5) is 0. The minimum Gasteiger partial charge on any atom is -0.388 e. The van der Waals surface area contributed by atoms with Crippen molar-refractivity contribution in [3.8, 4) is 0 Å². The molecule has 0 saturated heterocycles. The molecule has 0 saturated carbocycles. The van der Waals surface area contributed by atoms with E-state index in [2.05, 4.69) is 0 Å². The highest BCUT2D eigenvalue weighted by atomic mass is 19.4. The van der Waals surface area contributed by atoms with Crippen LogP contribution in [0.5, 0.6) is 0 Å². The van der Waals surface area contributed by atoms with Crippen molar-refractivity contribution < 1.29 is 31.4 Å². The Labute approximate surface area is 99.0 Å². The van der Waals surface area contributed by atoms with Crippen LogP contribution in [0.1, 0.15) is 36.1 Å². The van der Waals surface area contributed by atoms with Gasteiger partial charge >= 0.3 is 12.4 Å². The Hall–Kier alpha value is -1.24. The minimum absolute atomic E-state index is 0.114. The summed E-state index contributed by atoms with van der Waals surface area (Å²) in [6.07, 6.45) is -11.3. The molecule has 0 spiro atoms. The molecule has 1 nitrogen and oxygen atoms in total. The Morgan fingerprint density at radius 3 is 1.89 bits per heavy atom. The quantitative estimate of drug-likeness (QED) is 0.801. The van der Waals surface area contributed by atoms with Gasteiger partial charge in [-0.25, -0.2) is 0 Å². The van der Waals surface area contributed by atoms with Crippen LogP contribution in [0.2, 0.25) is 0 Å². The Balaban J connectivity index is 3.40. The van der Waals surface area contributed by atoms with Crippen molar-refractivity contribution in [3.63, 3.8) is 0 Å². The second-order valence-electron chi connectivity index (χ2n) is 3.72. The standard InChI is InChI=1S/C11H10F6O/c1-2-9(18)6-3-4-7(10(12,13)14)8(5-6)11(15,16)17/h3-5,9,18H,2H2,1H3. The predicted octanol–water partition coefficient (Wildman–Crippen LogP) is 4.17. The lowest BCUT2D eigenvalue weighted by Crippen LogP contribution is -2.17. The van der Waals surface area contributed by atoms with Crippen molar-refractivity contribution in [1.29, 1.82) is 0 Å². The first-order valence-corrected chi connectivity index (χ1v) is 5.03. The molecule has 0 radical (unpaired) electrons. The molecule has 7 heteroatoms. The zero-order valence-corrected chi connectivity index (χ0v) is 9.23. The Morgan fingerprint density at radius 2 is 1.50 bits per heavy atom. The molecule has 1 rings (SSSR count). The van der Waals surface area contributed by atoms with Crippen LogP contribution in [0.15, 0.2) is 18.2 Å². The van der Waals surface area contributed by atoms with Gasteiger partial charge in [-0.3, -0.25) is 0 Å². The number of aliphatic hydroxyl groups is 1. The zero-order chi connectivity index (χ0) is 14.1. The van der Waals surface area contributed by atoms with E-state index in [-0.39, 0.29) is 12.0 Å². The van der Waals surface area contributed by atoms with Crippen LogP contribution in [0.4, 0.5) is 26.3 Å². The summed E-state index contributed by atoms with van der Waals surface area (Å²) in [5.74, 6) is 0. The second-order valence-corrected chi connectivity index (χ2v) is 3.72. The van der Waals surface area contributed by atoms with Crippen LogP contribution in [0.25, 0.3) is 0 Å². The third-order valence-electron chi connectivity index (χ3n) is 2.43. The Morgan fingerprint density at radius 1 is 1.00 bits per heavy atom. The number of hydrogen-bond acceptors (Lipinski definition) is 1. The smallest absolute Gasteiger partial charge is 0.388 e. The lowest BCUT2D eigenvalue weighted by atomic mass is 9.99. The van der Waals surface area contributed by atoms with Crippen molar-refractivity contribution >= 4 is 0 Å². The molecule has 0 heterocycles. The highest BCUT2D eigenvalue weighted by Crippen LogP contribution is 2.41. The van der Waals surface area contributed by atoms with Gasteiger partial charge in [-0.15, -0.1) is 0 Å². The monoisotopic (exact) mass is 272 g/mol. The van der Waals surface area contributed by atoms with E-state index < -0.39 is 29.6 Å². The molecule has 102 valence electrons. The van der Waals surface area contributed by atoms with E-state index in [9.17, 15) is 31.4 Å². The molecule has 1 unspecified atom stereocenters. The average molecular weight is 272 g/mol. The second kappa shape index (κ2) is 4.79. The lowest BCUT2D eigenvalue weighted by molar-refractivity contribution is -0.162. The van der Waals surface area contributed by atoms with Crippen molar-refractivity contribution in [1.82, 2.24) is 0 Å². The van der Waals surface area contributed by atoms with Gasteiger partial charge in [0.15, 0.2) is 0 Å². The molecule has 0 aliphatic carbocycles. The number of aliphatic hydroxyl groups excluding tert-OH is 1. The summed E-state index contributed by atoms with van der Waals surface area (Å²) in [7, 11) is 0. The largest absolute Gasteiger partial charge is 0.417 e. The minimum atomic E-state index is -5.12. The molecule has 18 heavy (non-hydrogen) atoms. The van der Waals surface area contributed by atoms with E-state index in [0.29, 0.717) is 12.1 Å². The van der Waals surface area contributed by atoms with Gasteiger partial charge in [0.05, 0.1) is 17.2 Å². The number of benzene rings is 1. The molecule has 0 bridgehead atoms. The van der Waals surface area contributed by atoms with Gasteiger partial charge in [-0.05, 0) is 24.1 Å². The number of rotatable bonds is 2. The van der Waals surface area contributed by atoms with E-state index in [1.807, 2.05) is 0 Å². The summed E-state index contributed by atoms with van der Waals surface area (Å²) in [6.45, 7) is 1.51. The summed E-state index contributed by atoms with van der Waals surface area (Å²) in [6, 6.07) is 1.54. The molecule has 1 N–H and O–H groups in total. The molecule has 0 fully saturated rings. The molecule has 0 aliphatic rings. The summed E-state index contributed by atoms with van der Waals surface area (Å²) in [5.41, 5.74) is -3.71. The third kappa shape index (κ3) is 3.16. The topological polar surface area (TPSA) is 20.2 Å². The molecule has 0 aromatic heterocycles. The molecule has 1 aromatic carbocycles. The first kappa shape index (κ1) is 14.8. The van der Waals surface area contributed by atoms with Gasteiger partial charge in [0, 0.05) is 0 Å².